The minimum Gasteiger partial charge on any atom is -0.465 e. The second-order valence-corrected chi connectivity index (χ2v) is 23.5. The molecule has 87 heavy (non-hydrogen) atoms. The van der Waals surface area contributed by atoms with Crippen LogP contribution in [0.1, 0.15) is 209 Å². The van der Waals surface area contributed by atoms with E-state index in [-0.39, 0.29) is 51.1 Å². The van der Waals surface area contributed by atoms with E-state index in [0.717, 1.165) is 72.3 Å². The van der Waals surface area contributed by atoms with Gasteiger partial charge < -0.3 is 79.6 Å². The van der Waals surface area contributed by atoms with Crippen molar-refractivity contribution in [1.82, 2.24) is 31.1 Å². The summed E-state index contributed by atoms with van der Waals surface area (Å²) in [4.78, 5) is 103. The Bertz CT molecular complexity index is 1720. The summed E-state index contributed by atoms with van der Waals surface area (Å²) < 4.78 is 33.4. The van der Waals surface area contributed by atoms with Gasteiger partial charge in [-0.1, -0.05) is 124 Å². The van der Waals surface area contributed by atoms with Gasteiger partial charge in [0.05, 0.1) is 30.0 Å². The molecule has 23 heteroatoms. The van der Waals surface area contributed by atoms with Gasteiger partial charge >= 0.3 is 30.1 Å². The van der Waals surface area contributed by atoms with Crippen LogP contribution in [0, 0.1) is 22.2 Å². The number of unbranched alkanes of at least 4 members (excludes halogenated alkanes) is 16. The van der Waals surface area contributed by atoms with Crippen LogP contribution in [0.5, 0.6) is 0 Å². The summed E-state index contributed by atoms with van der Waals surface area (Å²) in [6.07, 6.45) is 24.8. The van der Waals surface area contributed by atoms with Crippen LogP contribution in [-0.4, -0.2) is 208 Å². The summed E-state index contributed by atoms with van der Waals surface area (Å²) in [6.45, 7) is 16.4. The SMILES string of the molecule is C=O.CCCCCCCCCCCCCCCCCC(=O)NCCCN(C)CCCNC(=O)OCC(C)(COC(=O)NCCCN(C)CCCNC(=O)CCCCC)C(=O)OCC(CC)(COC(=O)C(C)CO)COC(=O)C(C)(C)COC.CO.CO. The van der Waals surface area contributed by atoms with Gasteiger partial charge in [0.15, 0.2) is 0 Å². The zero-order valence-electron chi connectivity index (χ0n) is 56.5. The van der Waals surface area contributed by atoms with Gasteiger partial charge in [0, 0.05) is 60.4 Å². The number of esters is 3. The van der Waals surface area contributed by atoms with Gasteiger partial charge in [0.25, 0.3) is 0 Å². The van der Waals surface area contributed by atoms with Crippen LogP contribution in [0.2, 0.25) is 0 Å². The molecule has 4 amide bonds. The van der Waals surface area contributed by atoms with Gasteiger partial charge in [0.2, 0.25) is 11.8 Å². The fourth-order valence-corrected chi connectivity index (χ4v) is 8.64. The van der Waals surface area contributed by atoms with Crippen LogP contribution >= 0.6 is 0 Å². The largest absolute Gasteiger partial charge is 0.465 e. The van der Waals surface area contributed by atoms with Crippen LogP contribution in [0.3, 0.4) is 0 Å². The first-order valence-electron chi connectivity index (χ1n) is 32.2. The number of ether oxygens (including phenoxy) is 6. The molecule has 514 valence electrons. The van der Waals surface area contributed by atoms with Crippen LogP contribution in [0.25, 0.3) is 0 Å². The molecule has 0 aromatic rings. The number of alkyl carbamates (subject to hydrolysis) is 2. The first-order chi connectivity index (χ1) is 41.7. The monoisotopic (exact) mass is 1250 g/mol. The van der Waals surface area contributed by atoms with E-state index in [1.807, 2.05) is 20.9 Å². The highest BCUT2D eigenvalue weighted by atomic mass is 16.6. The molecule has 23 nitrogen and oxygen atoms in total. The fourth-order valence-electron chi connectivity index (χ4n) is 8.64. The predicted molar refractivity (Wildman–Crippen MR) is 341 cm³/mol. The Hall–Kier alpha value is -4.68. The highest BCUT2D eigenvalue weighted by molar-refractivity contribution is 5.79. The lowest BCUT2D eigenvalue weighted by atomic mass is 9.87. The third-order valence-corrected chi connectivity index (χ3v) is 14.6. The van der Waals surface area contributed by atoms with E-state index in [4.69, 9.17) is 43.4 Å². The second-order valence-electron chi connectivity index (χ2n) is 23.5. The lowest BCUT2D eigenvalue weighted by molar-refractivity contribution is -0.175. The maximum atomic E-state index is 14.1. The smallest absolute Gasteiger partial charge is 0.407 e. The van der Waals surface area contributed by atoms with E-state index >= 15 is 0 Å². The number of methoxy groups -OCH3 is 1. The van der Waals surface area contributed by atoms with Gasteiger partial charge in [-0.05, 0) is 113 Å². The molecule has 0 radical (unpaired) electrons. The number of carbonyl (C=O) groups is 8. The average molecular weight is 1250 g/mol. The molecule has 0 aromatic heterocycles. The van der Waals surface area contributed by atoms with Crippen molar-refractivity contribution >= 4 is 48.7 Å². The van der Waals surface area contributed by atoms with Gasteiger partial charge in [-0.2, -0.15) is 0 Å². The number of hydrogen-bond donors (Lipinski definition) is 7. The molecule has 0 aliphatic heterocycles. The summed E-state index contributed by atoms with van der Waals surface area (Å²) in [7, 11) is 7.39. The molecule has 3 unspecified atom stereocenters. The minimum absolute atomic E-state index is 0.0658. The number of amides is 4. The molecular formula is C64H126N6O17. The zero-order valence-corrected chi connectivity index (χ0v) is 56.5. The van der Waals surface area contributed by atoms with Crippen LogP contribution in [0.4, 0.5) is 9.59 Å². The normalized spacial score (nSPS) is 12.7. The standard InChI is InChI=1S/C61H116N6O14.2CH4O.CH2O/c1-11-14-16-17-18-19-20-21-22-23-24-25-26-27-29-35-53(70)63-37-31-41-67(9)43-33-39-65-58(75)81-47-60(7,46-80-57(74)64-38-32-42-66(8)40-30-36-62-52(69)34-28-15-12-2)56(73)79-50-61(13-3,48-77-54(71)51(4)44-68)49-78-55(72)59(5,6)45-76-10;3*1-2/h51,68H,11-50H2,1-10H3,(H,62,69)(H,63,70)(H,64,74)(H,65,75);2*2H,1H3;1H2. The lowest BCUT2D eigenvalue weighted by Gasteiger charge is -2.34. The van der Waals surface area contributed by atoms with Crippen molar-refractivity contribution in [2.45, 2.75) is 209 Å². The minimum atomic E-state index is -1.72. The lowest BCUT2D eigenvalue weighted by Crippen LogP contribution is -2.46. The van der Waals surface area contributed by atoms with Crippen molar-refractivity contribution in [3.8, 4) is 0 Å². The predicted octanol–water partition coefficient (Wildman–Crippen LogP) is 8.30. The molecule has 0 aliphatic carbocycles. The number of rotatable bonds is 53. The van der Waals surface area contributed by atoms with E-state index in [1.54, 1.807) is 20.8 Å². The molecule has 0 aromatic carbocycles. The summed E-state index contributed by atoms with van der Waals surface area (Å²) >= 11 is 0. The number of aliphatic hydroxyl groups is 3. The zero-order chi connectivity index (χ0) is 66.6. The molecule has 3 atom stereocenters. The van der Waals surface area contributed by atoms with Crippen LogP contribution in [-0.2, 0) is 57.2 Å². The van der Waals surface area contributed by atoms with Crippen LogP contribution < -0.4 is 21.3 Å². The maximum absolute atomic E-state index is 14.1. The average Bonchev–Trinajstić information content (AvgIpc) is 2.83. The van der Waals surface area contributed by atoms with Crippen molar-refractivity contribution in [2.75, 3.05) is 134 Å². The topological polar surface area (TPSA) is 307 Å². The first-order valence-corrected chi connectivity index (χ1v) is 32.2. The second kappa shape index (κ2) is 60.2. The Kier molecular flexibility index (Phi) is 61.5. The van der Waals surface area contributed by atoms with Gasteiger partial charge in [-0.3, -0.25) is 24.0 Å². The maximum Gasteiger partial charge on any atom is 0.407 e. The Labute approximate surface area is 525 Å². The number of nitrogens with one attached hydrogen (secondary N) is 4. The van der Waals surface area contributed by atoms with Crippen molar-refractivity contribution < 1.29 is 82.1 Å². The number of aliphatic hydroxyl groups excluding tert-OH is 3. The summed E-state index contributed by atoms with van der Waals surface area (Å²) in [6, 6.07) is 0. The van der Waals surface area contributed by atoms with Crippen LogP contribution in [0.15, 0.2) is 0 Å². The molecule has 0 bridgehead atoms. The molecule has 7 N–H and O–H groups in total. The van der Waals surface area contributed by atoms with E-state index in [9.17, 15) is 38.7 Å². The Morgan fingerprint density at radius 2 is 0.793 bits per heavy atom. The van der Waals surface area contributed by atoms with Crippen molar-refractivity contribution in [2.24, 2.45) is 22.2 Å². The molecular weight excluding hydrogens is 1120 g/mol. The number of nitrogens with zero attached hydrogens (tertiary/aromatic N) is 2. The van der Waals surface area contributed by atoms with E-state index < -0.39 is 78.7 Å². The highest BCUT2D eigenvalue weighted by Crippen LogP contribution is 2.29. The highest BCUT2D eigenvalue weighted by Gasteiger charge is 2.42. The van der Waals surface area contributed by atoms with Gasteiger partial charge in [-0.25, -0.2) is 9.59 Å². The molecule has 0 fully saturated rings. The third kappa shape index (κ3) is 50.8. The van der Waals surface area contributed by atoms with Gasteiger partial charge in [-0.15, -0.1) is 0 Å². The summed E-state index contributed by atoms with van der Waals surface area (Å²) in [5.74, 6) is -2.87. The molecule has 0 aliphatic rings. The van der Waals surface area contributed by atoms with Crippen molar-refractivity contribution in [3.05, 3.63) is 0 Å². The Morgan fingerprint density at radius 1 is 0.460 bits per heavy atom. The van der Waals surface area contributed by atoms with E-state index in [1.165, 1.54) is 104 Å². The Morgan fingerprint density at radius 3 is 1.16 bits per heavy atom. The summed E-state index contributed by atoms with van der Waals surface area (Å²) in [5, 5.41) is 35.0. The number of carbonyl (C=O) groups excluding carboxylic acids is 8. The molecule has 0 saturated heterocycles. The molecule has 0 spiro atoms. The van der Waals surface area contributed by atoms with Gasteiger partial charge in [0.1, 0.15) is 45.2 Å². The first kappa shape index (κ1) is 88.7. The molecule has 0 saturated carbocycles. The van der Waals surface area contributed by atoms with E-state index in [0.29, 0.717) is 51.9 Å². The van der Waals surface area contributed by atoms with E-state index in [2.05, 4.69) is 44.9 Å². The molecule has 0 rings (SSSR count). The van der Waals surface area contributed by atoms with Crippen molar-refractivity contribution in [3.63, 3.8) is 0 Å². The quantitative estimate of drug-likeness (QED) is 0.0171. The van der Waals surface area contributed by atoms with Crippen molar-refractivity contribution in [1.29, 1.82) is 0 Å². The Balaban J connectivity index is -0.00000555. The number of hydrogen-bond acceptors (Lipinski definition) is 19. The summed E-state index contributed by atoms with van der Waals surface area (Å²) in [5.41, 5.74) is -3.98. The molecule has 0 heterocycles. The fraction of sp³-hybridized carbons (Fsp3) is 0.875. The third-order valence-electron chi connectivity index (χ3n) is 14.6.